The third-order valence-electron chi connectivity index (χ3n) is 3.93. The third-order valence-corrected chi connectivity index (χ3v) is 5.64. The first kappa shape index (κ1) is 22.0. The molecule has 152 valence electrons. The molecule has 2 aromatic carbocycles. The minimum atomic E-state index is -4.78. The summed E-state index contributed by atoms with van der Waals surface area (Å²) in [6, 6.07) is 8.66. The minimum Gasteiger partial charge on any atom is -0.339 e. The quantitative estimate of drug-likeness (QED) is 0.726. The summed E-state index contributed by atoms with van der Waals surface area (Å²) in [5, 5.41) is -0.586. The fourth-order valence-electron chi connectivity index (χ4n) is 2.50. The van der Waals surface area contributed by atoms with E-state index in [1.54, 1.807) is 17.0 Å². The standard InChI is InChI=1S/C18H18ClF3N2O3S/c1-3-24(12(2)25)11-13-5-4-6-14(9-13)23-28(26,27)15-7-8-17(19)16(10-15)18(20,21)22/h4-10,23H,3,11H2,1-2H3. The second kappa shape index (κ2) is 8.40. The smallest absolute Gasteiger partial charge is 0.339 e. The van der Waals surface area contributed by atoms with Gasteiger partial charge in [-0.05, 0) is 42.8 Å². The molecule has 10 heteroatoms. The van der Waals surface area contributed by atoms with Crippen molar-refractivity contribution in [1.82, 2.24) is 4.90 Å². The summed E-state index contributed by atoms with van der Waals surface area (Å²) in [5.74, 6) is -0.130. The van der Waals surface area contributed by atoms with Crippen LogP contribution in [0.3, 0.4) is 0 Å². The first-order valence-corrected chi connectivity index (χ1v) is 10.0. The number of hydrogen-bond acceptors (Lipinski definition) is 3. The van der Waals surface area contributed by atoms with Crippen LogP contribution in [0.2, 0.25) is 5.02 Å². The molecule has 1 N–H and O–H groups in total. The van der Waals surface area contributed by atoms with Gasteiger partial charge in [-0.2, -0.15) is 13.2 Å². The molecule has 0 spiro atoms. The zero-order valence-electron chi connectivity index (χ0n) is 15.0. The highest BCUT2D eigenvalue weighted by molar-refractivity contribution is 7.92. The van der Waals surface area contributed by atoms with Gasteiger partial charge in [0.05, 0.1) is 15.5 Å². The van der Waals surface area contributed by atoms with Gasteiger partial charge in [-0.25, -0.2) is 8.42 Å². The van der Waals surface area contributed by atoms with E-state index in [4.69, 9.17) is 11.6 Å². The maximum absolute atomic E-state index is 13.0. The van der Waals surface area contributed by atoms with Gasteiger partial charge in [0, 0.05) is 25.7 Å². The van der Waals surface area contributed by atoms with Crippen molar-refractivity contribution >= 4 is 33.2 Å². The molecule has 0 saturated carbocycles. The van der Waals surface area contributed by atoms with Gasteiger partial charge in [-0.15, -0.1) is 0 Å². The zero-order valence-corrected chi connectivity index (χ0v) is 16.6. The maximum atomic E-state index is 13.0. The summed E-state index contributed by atoms with van der Waals surface area (Å²) >= 11 is 5.53. The van der Waals surface area contributed by atoms with Gasteiger partial charge in [-0.1, -0.05) is 23.7 Å². The first-order chi connectivity index (χ1) is 12.9. The van der Waals surface area contributed by atoms with Crippen molar-refractivity contribution in [3.63, 3.8) is 0 Å². The highest BCUT2D eigenvalue weighted by Gasteiger charge is 2.34. The highest BCUT2D eigenvalue weighted by Crippen LogP contribution is 2.36. The summed E-state index contributed by atoms with van der Waals surface area (Å²) in [6.45, 7) is 4.00. The zero-order chi connectivity index (χ0) is 21.1. The van der Waals surface area contributed by atoms with Gasteiger partial charge in [-0.3, -0.25) is 9.52 Å². The van der Waals surface area contributed by atoms with Crippen molar-refractivity contribution in [1.29, 1.82) is 0 Å². The molecule has 0 aliphatic carbocycles. The predicted octanol–water partition coefficient (Wildman–Crippen LogP) is 4.53. The number of hydrogen-bond donors (Lipinski definition) is 1. The SMILES string of the molecule is CCN(Cc1cccc(NS(=O)(=O)c2ccc(Cl)c(C(F)(F)F)c2)c1)C(C)=O. The molecular formula is C18H18ClF3N2O3S. The number of carbonyl (C=O) groups is 1. The molecule has 0 unspecified atom stereocenters. The summed E-state index contributed by atoms with van der Waals surface area (Å²) in [6.07, 6.45) is -4.78. The van der Waals surface area contributed by atoms with Gasteiger partial charge in [0.1, 0.15) is 0 Å². The van der Waals surface area contributed by atoms with Crippen molar-refractivity contribution in [3.8, 4) is 0 Å². The molecular weight excluding hydrogens is 417 g/mol. The van der Waals surface area contributed by atoms with Gasteiger partial charge in [0.2, 0.25) is 5.91 Å². The first-order valence-electron chi connectivity index (χ1n) is 8.18. The molecule has 0 aliphatic rings. The molecule has 0 saturated heterocycles. The largest absolute Gasteiger partial charge is 0.417 e. The second-order valence-corrected chi connectivity index (χ2v) is 8.07. The Morgan fingerprint density at radius 1 is 1.18 bits per heavy atom. The minimum absolute atomic E-state index is 0.130. The van der Waals surface area contributed by atoms with Crippen LogP contribution >= 0.6 is 11.6 Å². The van der Waals surface area contributed by atoms with Gasteiger partial charge < -0.3 is 4.90 Å². The third kappa shape index (κ3) is 5.39. The van der Waals surface area contributed by atoms with Crippen molar-refractivity contribution in [3.05, 3.63) is 58.6 Å². The maximum Gasteiger partial charge on any atom is 0.417 e. The van der Waals surface area contributed by atoms with Gasteiger partial charge in [0.25, 0.3) is 10.0 Å². The monoisotopic (exact) mass is 434 g/mol. The molecule has 0 aliphatic heterocycles. The Balaban J connectivity index is 2.30. The van der Waals surface area contributed by atoms with E-state index in [-0.39, 0.29) is 18.1 Å². The lowest BCUT2D eigenvalue weighted by Crippen LogP contribution is -2.27. The van der Waals surface area contributed by atoms with E-state index in [0.29, 0.717) is 18.2 Å². The van der Waals surface area contributed by atoms with E-state index < -0.39 is 31.7 Å². The lowest BCUT2D eigenvalue weighted by molar-refractivity contribution is -0.137. The average molecular weight is 435 g/mol. The fraction of sp³-hybridized carbons (Fsp3) is 0.278. The number of alkyl halides is 3. The number of benzene rings is 2. The summed E-state index contributed by atoms with van der Waals surface area (Å²) < 4.78 is 66.2. The Morgan fingerprint density at radius 2 is 1.86 bits per heavy atom. The van der Waals surface area contributed by atoms with Gasteiger partial charge >= 0.3 is 6.18 Å². The van der Waals surface area contributed by atoms with Crippen LogP contribution in [0.25, 0.3) is 0 Å². The number of sulfonamides is 1. The Morgan fingerprint density at radius 3 is 2.43 bits per heavy atom. The molecule has 0 aromatic heterocycles. The van der Waals surface area contributed by atoms with Crippen molar-refractivity contribution in [2.24, 2.45) is 0 Å². The number of halogens is 4. The van der Waals surface area contributed by atoms with Crippen molar-refractivity contribution < 1.29 is 26.4 Å². The Labute approximate surface area is 166 Å². The number of rotatable bonds is 6. The van der Waals surface area contributed by atoms with Crippen molar-refractivity contribution in [2.75, 3.05) is 11.3 Å². The van der Waals surface area contributed by atoms with E-state index in [2.05, 4.69) is 4.72 Å². The van der Waals surface area contributed by atoms with Crippen LogP contribution in [0.5, 0.6) is 0 Å². The lowest BCUT2D eigenvalue weighted by atomic mass is 10.2. The highest BCUT2D eigenvalue weighted by atomic mass is 35.5. The number of anilines is 1. The molecule has 5 nitrogen and oxygen atoms in total. The summed E-state index contributed by atoms with van der Waals surface area (Å²) in [7, 11) is -4.27. The fourth-order valence-corrected chi connectivity index (χ4v) is 3.80. The number of nitrogens with zero attached hydrogens (tertiary/aromatic N) is 1. The lowest BCUT2D eigenvalue weighted by Gasteiger charge is -2.19. The van der Waals surface area contributed by atoms with Crippen LogP contribution in [0, 0.1) is 0 Å². The Kier molecular flexibility index (Phi) is 6.61. The molecule has 2 aromatic rings. The normalized spacial score (nSPS) is 11.9. The van der Waals surface area contributed by atoms with E-state index >= 15 is 0 Å². The van der Waals surface area contributed by atoms with E-state index in [0.717, 1.165) is 12.1 Å². The molecule has 28 heavy (non-hydrogen) atoms. The molecule has 0 bridgehead atoms. The topological polar surface area (TPSA) is 66.5 Å². The van der Waals surface area contributed by atoms with Crippen molar-refractivity contribution in [2.45, 2.75) is 31.5 Å². The summed E-state index contributed by atoms with van der Waals surface area (Å²) in [4.78, 5) is 12.5. The molecule has 0 atom stereocenters. The van der Waals surface area contributed by atoms with E-state index in [1.165, 1.54) is 19.1 Å². The number of nitrogens with one attached hydrogen (secondary N) is 1. The van der Waals surface area contributed by atoms with Crippen LogP contribution in [-0.2, 0) is 27.5 Å². The molecule has 0 radical (unpaired) electrons. The molecule has 2 rings (SSSR count). The summed E-state index contributed by atoms with van der Waals surface area (Å²) in [5.41, 5.74) is -0.393. The number of amides is 1. The van der Waals surface area contributed by atoms with Crippen LogP contribution < -0.4 is 4.72 Å². The Bertz CT molecular complexity index is 978. The predicted molar refractivity (Wildman–Crippen MR) is 100 cm³/mol. The number of carbonyl (C=O) groups excluding carboxylic acids is 1. The molecule has 0 fully saturated rings. The van der Waals surface area contributed by atoms with Crippen LogP contribution in [0.15, 0.2) is 47.4 Å². The van der Waals surface area contributed by atoms with Crippen LogP contribution in [0.1, 0.15) is 25.0 Å². The second-order valence-electron chi connectivity index (χ2n) is 5.98. The van der Waals surface area contributed by atoms with Gasteiger partial charge in [0.15, 0.2) is 0 Å². The Hall–Kier alpha value is -2.26. The van der Waals surface area contributed by atoms with Crippen LogP contribution in [-0.4, -0.2) is 25.8 Å². The van der Waals surface area contributed by atoms with Crippen LogP contribution in [0.4, 0.5) is 18.9 Å². The van der Waals surface area contributed by atoms with E-state index in [9.17, 15) is 26.4 Å². The van der Waals surface area contributed by atoms with E-state index in [1.807, 2.05) is 6.92 Å². The molecule has 1 amide bonds. The molecule has 0 heterocycles. The average Bonchev–Trinajstić information content (AvgIpc) is 2.58.